The minimum absolute atomic E-state index is 0.297. The molecule has 1 aromatic carbocycles. The van der Waals surface area contributed by atoms with Gasteiger partial charge in [0.1, 0.15) is 10.8 Å². The molecule has 7 heteroatoms. The summed E-state index contributed by atoms with van der Waals surface area (Å²) in [5.74, 6) is -0.714. The van der Waals surface area contributed by atoms with Gasteiger partial charge in [0.15, 0.2) is 0 Å². The number of amides is 1. The normalized spacial score (nSPS) is 15.5. The summed E-state index contributed by atoms with van der Waals surface area (Å²) < 4.78 is 18.4. The molecule has 5 nitrogen and oxygen atoms in total. The molecule has 1 aliphatic heterocycles. The van der Waals surface area contributed by atoms with Gasteiger partial charge in [-0.2, -0.15) is 0 Å². The van der Waals surface area contributed by atoms with E-state index in [-0.39, 0.29) is 5.91 Å². The van der Waals surface area contributed by atoms with Gasteiger partial charge in [0.2, 0.25) is 0 Å². The Morgan fingerprint density at radius 2 is 2.22 bits per heavy atom. The molecule has 23 heavy (non-hydrogen) atoms. The van der Waals surface area contributed by atoms with Crippen molar-refractivity contribution in [2.75, 3.05) is 26.3 Å². The second kappa shape index (κ2) is 7.63. The van der Waals surface area contributed by atoms with Crippen LogP contribution in [0.4, 0.5) is 4.39 Å². The van der Waals surface area contributed by atoms with Crippen molar-refractivity contribution in [2.45, 2.75) is 13.1 Å². The van der Waals surface area contributed by atoms with Gasteiger partial charge in [0, 0.05) is 30.6 Å². The first-order chi connectivity index (χ1) is 11.2. The molecule has 122 valence electrons. The van der Waals surface area contributed by atoms with Crippen molar-refractivity contribution in [3.05, 3.63) is 51.7 Å². The molecule has 1 N–H and O–H groups in total. The number of rotatable bonds is 5. The second-order valence-electron chi connectivity index (χ2n) is 5.31. The number of hydrogen-bond acceptors (Lipinski definition) is 5. The Balaban J connectivity index is 1.51. The number of ether oxygens (including phenoxy) is 1. The van der Waals surface area contributed by atoms with E-state index in [1.807, 2.05) is 5.38 Å². The van der Waals surface area contributed by atoms with Crippen molar-refractivity contribution in [3.8, 4) is 0 Å². The molecule has 1 amide bonds. The van der Waals surface area contributed by atoms with E-state index in [0.717, 1.165) is 43.5 Å². The van der Waals surface area contributed by atoms with E-state index in [2.05, 4.69) is 15.2 Å². The van der Waals surface area contributed by atoms with Crippen molar-refractivity contribution in [1.82, 2.24) is 15.2 Å². The highest BCUT2D eigenvalue weighted by molar-refractivity contribution is 7.09. The van der Waals surface area contributed by atoms with Crippen LogP contribution in [-0.4, -0.2) is 42.1 Å². The minimum atomic E-state index is -0.417. The molecule has 2 heterocycles. The molecule has 1 fully saturated rings. The smallest absolute Gasteiger partial charge is 0.251 e. The molecule has 0 atom stereocenters. The Hall–Kier alpha value is -1.83. The molecule has 1 saturated heterocycles. The van der Waals surface area contributed by atoms with Crippen LogP contribution in [0, 0.1) is 5.82 Å². The van der Waals surface area contributed by atoms with E-state index in [1.54, 1.807) is 6.07 Å². The summed E-state index contributed by atoms with van der Waals surface area (Å²) in [5, 5.41) is 5.63. The fourth-order valence-electron chi connectivity index (χ4n) is 2.38. The summed E-state index contributed by atoms with van der Waals surface area (Å²) in [6, 6.07) is 5.65. The van der Waals surface area contributed by atoms with E-state index in [4.69, 9.17) is 4.74 Å². The number of thiazole rings is 1. The zero-order valence-electron chi connectivity index (χ0n) is 12.6. The Bertz CT molecular complexity index is 671. The molecule has 0 spiro atoms. The quantitative estimate of drug-likeness (QED) is 0.909. The molecule has 1 aromatic heterocycles. The van der Waals surface area contributed by atoms with Crippen molar-refractivity contribution < 1.29 is 13.9 Å². The maximum absolute atomic E-state index is 13.1. The Morgan fingerprint density at radius 3 is 3.00 bits per heavy atom. The van der Waals surface area contributed by atoms with E-state index in [0.29, 0.717) is 12.1 Å². The summed E-state index contributed by atoms with van der Waals surface area (Å²) in [5.41, 5.74) is 1.32. The minimum Gasteiger partial charge on any atom is -0.379 e. The molecule has 0 saturated carbocycles. The van der Waals surface area contributed by atoms with Crippen molar-refractivity contribution >= 4 is 17.2 Å². The molecular formula is C16H18FN3O2S. The first kappa shape index (κ1) is 16.0. The highest BCUT2D eigenvalue weighted by Crippen LogP contribution is 2.13. The van der Waals surface area contributed by atoms with Crippen molar-refractivity contribution in [1.29, 1.82) is 0 Å². The van der Waals surface area contributed by atoms with Crippen LogP contribution in [0.3, 0.4) is 0 Å². The molecule has 0 radical (unpaired) electrons. The van der Waals surface area contributed by atoms with Gasteiger partial charge < -0.3 is 10.1 Å². The fraction of sp³-hybridized carbons (Fsp3) is 0.375. The predicted octanol–water partition coefficient (Wildman–Crippen LogP) is 2.04. The van der Waals surface area contributed by atoms with Crippen LogP contribution in [0.2, 0.25) is 0 Å². The van der Waals surface area contributed by atoms with E-state index < -0.39 is 5.82 Å². The zero-order chi connectivity index (χ0) is 16.1. The first-order valence-electron chi connectivity index (χ1n) is 7.48. The molecule has 1 aliphatic rings. The lowest BCUT2D eigenvalue weighted by molar-refractivity contribution is 0.0337. The number of nitrogens with one attached hydrogen (secondary N) is 1. The number of benzene rings is 1. The lowest BCUT2D eigenvalue weighted by Crippen LogP contribution is -2.35. The van der Waals surface area contributed by atoms with Gasteiger partial charge in [-0.1, -0.05) is 6.07 Å². The third-order valence-electron chi connectivity index (χ3n) is 3.58. The van der Waals surface area contributed by atoms with E-state index in [1.165, 1.54) is 29.5 Å². The number of carbonyl (C=O) groups excluding carboxylic acids is 1. The lowest BCUT2D eigenvalue weighted by atomic mass is 10.2. The second-order valence-corrected chi connectivity index (χ2v) is 6.26. The fourth-order valence-corrected chi connectivity index (χ4v) is 3.10. The maximum atomic E-state index is 13.1. The van der Waals surface area contributed by atoms with Crippen molar-refractivity contribution in [2.24, 2.45) is 0 Å². The van der Waals surface area contributed by atoms with Gasteiger partial charge in [0.25, 0.3) is 5.91 Å². The summed E-state index contributed by atoms with van der Waals surface area (Å²) in [6.07, 6.45) is 0. The molecular weight excluding hydrogens is 317 g/mol. The summed E-state index contributed by atoms with van der Waals surface area (Å²) >= 11 is 1.52. The van der Waals surface area contributed by atoms with Gasteiger partial charge >= 0.3 is 0 Å². The van der Waals surface area contributed by atoms with Crippen LogP contribution in [-0.2, 0) is 17.8 Å². The van der Waals surface area contributed by atoms with Gasteiger partial charge in [-0.3, -0.25) is 9.69 Å². The average molecular weight is 335 g/mol. The van der Waals surface area contributed by atoms with E-state index >= 15 is 0 Å². The monoisotopic (exact) mass is 335 g/mol. The summed E-state index contributed by atoms with van der Waals surface area (Å²) in [4.78, 5) is 18.8. The predicted molar refractivity (Wildman–Crippen MR) is 85.8 cm³/mol. The Morgan fingerprint density at radius 1 is 1.39 bits per heavy atom. The molecule has 2 aromatic rings. The van der Waals surface area contributed by atoms with Crippen LogP contribution < -0.4 is 5.32 Å². The number of nitrogens with zero attached hydrogens (tertiary/aromatic N) is 2. The Labute approximate surface area is 138 Å². The van der Waals surface area contributed by atoms with Crippen LogP contribution in [0.25, 0.3) is 0 Å². The largest absolute Gasteiger partial charge is 0.379 e. The van der Waals surface area contributed by atoms with Gasteiger partial charge in [0.05, 0.1) is 25.5 Å². The zero-order valence-corrected chi connectivity index (χ0v) is 13.4. The number of aromatic nitrogens is 1. The summed E-state index contributed by atoms with van der Waals surface area (Å²) in [6.45, 7) is 4.52. The van der Waals surface area contributed by atoms with Gasteiger partial charge in [-0.05, 0) is 18.2 Å². The van der Waals surface area contributed by atoms with Gasteiger partial charge in [-0.25, -0.2) is 9.37 Å². The average Bonchev–Trinajstić information content (AvgIpc) is 3.01. The number of hydrogen-bond donors (Lipinski definition) is 1. The third kappa shape index (κ3) is 4.57. The lowest BCUT2D eigenvalue weighted by Gasteiger charge is -2.25. The Kier molecular flexibility index (Phi) is 5.32. The van der Waals surface area contributed by atoms with Gasteiger partial charge in [-0.15, -0.1) is 11.3 Å². The van der Waals surface area contributed by atoms with Crippen molar-refractivity contribution in [3.63, 3.8) is 0 Å². The van der Waals surface area contributed by atoms with Crippen LogP contribution >= 0.6 is 11.3 Å². The number of halogens is 1. The third-order valence-corrected chi connectivity index (χ3v) is 4.47. The maximum Gasteiger partial charge on any atom is 0.251 e. The molecule has 3 rings (SSSR count). The molecule has 0 aliphatic carbocycles. The van der Waals surface area contributed by atoms with E-state index in [9.17, 15) is 9.18 Å². The number of morpholine rings is 1. The van der Waals surface area contributed by atoms with Crippen LogP contribution in [0.15, 0.2) is 29.6 Å². The highest BCUT2D eigenvalue weighted by Gasteiger charge is 2.13. The standard InChI is InChI=1S/C16H18FN3O2S/c17-13-3-1-2-12(8-13)16(21)18-9-15-19-14(11-23-15)10-20-4-6-22-7-5-20/h1-3,8,11H,4-7,9-10H2,(H,18,21). The molecule has 0 bridgehead atoms. The molecule has 0 unspecified atom stereocenters. The topological polar surface area (TPSA) is 54.5 Å². The SMILES string of the molecule is O=C(NCc1nc(CN2CCOCC2)cs1)c1cccc(F)c1. The first-order valence-corrected chi connectivity index (χ1v) is 8.36. The number of carbonyl (C=O) groups is 1. The van der Waals surface area contributed by atoms with Crippen LogP contribution in [0.5, 0.6) is 0 Å². The summed E-state index contributed by atoms with van der Waals surface area (Å²) in [7, 11) is 0. The highest BCUT2D eigenvalue weighted by atomic mass is 32.1. The van der Waals surface area contributed by atoms with Crippen LogP contribution in [0.1, 0.15) is 21.1 Å².